The van der Waals surface area contributed by atoms with Gasteiger partial charge in [0, 0.05) is 12.5 Å². The minimum atomic E-state index is 0.289. The van der Waals surface area contributed by atoms with Crippen molar-refractivity contribution in [3.8, 4) is 12.3 Å². The molecule has 1 aromatic heterocycles. The Morgan fingerprint density at radius 2 is 2.58 bits per heavy atom. The van der Waals surface area contributed by atoms with Crippen LogP contribution in [0.1, 0.15) is 18.0 Å². The van der Waals surface area contributed by atoms with Gasteiger partial charge in [0.2, 0.25) is 0 Å². The molecule has 0 aliphatic rings. The normalized spacial score (nSPS) is 12.4. The lowest BCUT2D eigenvalue weighted by Crippen LogP contribution is -2.14. The molecule has 1 rings (SSSR count). The van der Waals surface area contributed by atoms with Crippen LogP contribution in [0.25, 0.3) is 0 Å². The third-order valence-corrected chi connectivity index (χ3v) is 3.18. The van der Waals surface area contributed by atoms with Gasteiger partial charge in [-0.1, -0.05) is 0 Å². The number of nitrogens with one attached hydrogen (secondary N) is 1. The molecule has 1 aromatic rings. The van der Waals surface area contributed by atoms with Crippen molar-refractivity contribution < 1.29 is 0 Å². The summed E-state index contributed by atoms with van der Waals surface area (Å²) in [4.78, 5) is 0. The van der Waals surface area contributed by atoms with Gasteiger partial charge in [-0.3, -0.25) is 0 Å². The molecular formula is C9H10BrNS. The Kier molecular flexibility index (Phi) is 3.80. The number of terminal acetylenes is 1. The van der Waals surface area contributed by atoms with E-state index in [0.29, 0.717) is 0 Å². The van der Waals surface area contributed by atoms with Gasteiger partial charge in [0.25, 0.3) is 0 Å². The van der Waals surface area contributed by atoms with Gasteiger partial charge < -0.3 is 5.32 Å². The first kappa shape index (κ1) is 9.79. The predicted octanol–water partition coefficient (Wildman–Crippen LogP) is 2.79. The molecule has 0 aromatic carbocycles. The highest BCUT2D eigenvalue weighted by Gasteiger charge is 2.08. The van der Waals surface area contributed by atoms with E-state index in [9.17, 15) is 0 Å². The SMILES string of the molecule is C#CCC(NC)c1csc(Br)c1. The first-order valence-electron chi connectivity index (χ1n) is 3.62. The monoisotopic (exact) mass is 243 g/mol. The molecule has 0 aliphatic heterocycles. The Hall–Kier alpha value is -0.300. The summed E-state index contributed by atoms with van der Waals surface area (Å²) < 4.78 is 1.15. The number of hydrogen-bond donors (Lipinski definition) is 1. The van der Waals surface area contributed by atoms with E-state index < -0.39 is 0 Å². The Labute approximate surface area is 85.3 Å². The largest absolute Gasteiger partial charge is 0.312 e. The van der Waals surface area contributed by atoms with E-state index in [1.54, 1.807) is 11.3 Å². The molecule has 1 unspecified atom stereocenters. The van der Waals surface area contributed by atoms with E-state index in [4.69, 9.17) is 6.42 Å². The summed E-state index contributed by atoms with van der Waals surface area (Å²) in [6, 6.07) is 2.39. The van der Waals surface area contributed by atoms with Crippen LogP contribution in [0.4, 0.5) is 0 Å². The lowest BCUT2D eigenvalue weighted by Gasteiger charge is -2.10. The zero-order valence-electron chi connectivity index (χ0n) is 6.80. The van der Waals surface area contributed by atoms with Crippen LogP contribution < -0.4 is 5.32 Å². The number of halogens is 1. The molecule has 3 heteroatoms. The Morgan fingerprint density at radius 3 is 3.00 bits per heavy atom. The molecule has 0 fully saturated rings. The standard InChI is InChI=1S/C9H10BrNS/c1-3-4-8(11-2)7-5-9(10)12-6-7/h1,5-6,8,11H,4H2,2H3. The van der Waals surface area contributed by atoms with Crippen molar-refractivity contribution in [3.63, 3.8) is 0 Å². The summed E-state index contributed by atoms with van der Waals surface area (Å²) in [5, 5.41) is 5.29. The van der Waals surface area contributed by atoms with Crippen molar-refractivity contribution in [1.82, 2.24) is 5.32 Å². The smallest absolute Gasteiger partial charge is 0.0701 e. The molecule has 0 spiro atoms. The summed E-state index contributed by atoms with van der Waals surface area (Å²) in [5.41, 5.74) is 1.26. The highest BCUT2D eigenvalue weighted by atomic mass is 79.9. The molecule has 1 N–H and O–H groups in total. The van der Waals surface area contributed by atoms with Gasteiger partial charge in [-0.25, -0.2) is 0 Å². The zero-order valence-corrected chi connectivity index (χ0v) is 9.21. The Morgan fingerprint density at radius 1 is 1.83 bits per heavy atom. The van der Waals surface area contributed by atoms with Gasteiger partial charge in [-0.15, -0.1) is 23.7 Å². The second-order valence-corrected chi connectivity index (χ2v) is 4.72. The van der Waals surface area contributed by atoms with Crippen molar-refractivity contribution >= 4 is 27.3 Å². The van der Waals surface area contributed by atoms with Crippen LogP contribution in [-0.2, 0) is 0 Å². The van der Waals surface area contributed by atoms with E-state index in [2.05, 4.69) is 38.6 Å². The quantitative estimate of drug-likeness (QED) is 0.806. The van der Waals surface area contributed by atoms with Gasteiger partial charge in [0.1, 0.15) is 0 Å². The Bertz CT molecular complexity index is 287. The minimum absolute atomic E-state index is 0.289. The average Bonchev–Trinajstić information content (AvgIpc) is 2.47. The summed E-state index contributed by atoms with van der Waals surface area (Å²) in [6.07, 6.45) is 5.99. The fourth-order valence-electron chi connectivity index (χ4n) is 1.01. The van der Waals surface area contributed by atoms with Gasteiger partial charge in [-0.05, 0) is 40.0 Å². The fourth-order valence-corrected chi connectivity index (χ4v) is 2.24. The maximum Gasteiger partial charge on any atom is 0.0701 e. The molecule has 0 bridgehead atoms. The van der Waals surface area contributed by atoms with Gasteiger partial charge in [0.05, 0.1) is 3.79 Å². The zero-order chi connectivity index (χ0) is 8.97. The van der Waals surface area contributed by atoms with Crippen LogP contribution >= 0.6 is 27.3 Å². The van der Waals surface area contributed by atoms with Crippen LogP contribution in [-0.4, -0.2) is 7.05 Å². The van der Waals surface area contributed by atoms with E-state index in [1.165, 1.54) is 5.56 Å². The van der Waals surface area contributed by atoms with Crippen LogP contribution in [0.2, 0.25) is 0 Å². The van der Waals surface area contributed by atoms with Crippen LogP contribution in [0.15, 0.2) is 15.2 Å². The van der Waals surface area contributed by atoms with Crippen LogP contribution in [0.5, 0.6) is 0 Å². The summed E-state index contributed by atoms with van der Waals surface area (Å²) in [7, 11) is 1.92. The number of hydrogen-bond acceptors (Lipinski definition) is 2. The molecule has 1 atom stereocenters. The topological polar surface area (TPSA) is 12.0 Å². The van der Waals surface area contributed by atoms with Crippen molar-refractivity contribution in [2.24, 2.45) is 0 Å². The minimum Gasteiger partial charge on any atom is -0.312 e. The molecule has 1 heterocycles. The molecule has 64 valence electrons. The van der Waals surface area contributed by atoms with Gasteiger partial charge >= 0.3 is 0 Å². The summed E-state index contributed by atoms with van der Waals surface area (Å²) in [6.45, 7) is 0. The molecular weight excluding hydrogens is 234 g/mol. The maximum absolute atomic E-state index is 5.25. The average molecular weight is 244 g/mol. The molecule has 0 saturated heterocycles. The maximum atomic E-state index is 5.25. The second kappa shape index (κ2) is 4.66. The van der Waals surface area contributed by atoms with Gasteiger partial charge in [-0.2, -0.15) is 0 Å². The Balaban J connectivity index is 2.74. The lowest BCUT2D eigenvalue weighted by atomic mass is 10.1. The molecule has 1 nitrogen and oxygen atoms in total. The van der Waals surface area contributed by atoms with E-state index in [-0.39, 0.29) is 6.04 Å². The lowest BCUT2D eigenvalue weighted by molar-refractivity contribution is 0.613. The van der Waals surface area contributed by atoms with Crippen LogP contribution in [0, 0.1) is 12.3 Å². The van der Waals surface area contributed by atoms with Crippen molar-refractivity contribution in [3.05, 3.63) is 20.8 Å². The number of rotatable bonds is 3. The van der Waals surface area contributed by atoms with E-state index >= 15 is 0 Å². The summed E-state index contributed by atoms with van der Waals surface area (Å²) >= 11 is 5.10. The molecule has 12 heavy (non-hydrogen) atoms. The molecule has 0 saturated carbocycles. The van der Waals surface area contributed by atoms with Crippen molar-refractivity contribution in [2.45, 2.75) is 12.5 Å². The first-order chi connectivity index (χ1) is 5.77. The third-order valence-electron chi connectivity index (χ3n) is 1.66. The third kappa shape index (κ3) is 2.34. The van der Waals surface area contributed by atoms with Crippen LogP contribution in [0.3, 0.4) is 0 Å². The van der Waals surface area contributed by atoms with Gasteiger partial charge in [0.15, 0.2) is 0 Å². The fraction of sp³-hybridized carbons (Fsp3) is 0.333. The molecule has 0 aliphatic carbocycles. The molecule has 0 radical (unpaired) electrons. The predicted molar refractivity (Wildman–Crippen MR) is 57.3 cm³/mol. The number of thiophene rings is 1. The first-order valence-corrected chi connectivity index (χ1v) is 5.30. The second-order valence-electron chi connectivity index (χ2n) is 2.43. The van der Waals surface area contributed by atoms with Crippen molar-refractivity contribution in [2.75, 3.05) is 7.05 Å². The van der Waals surface area contributed by atoms with E-state index in [1.807, 2.05) is 7.05 Å². The molecule has 0 amide bonds. The summed E-state index contributed by atoms with van der Waals surface area (Å²) in [5.74, 6) is 2.65. The van der Waals surface area contributed by atoms with Crippen molar-refractivity contribution in [1.29, 1.82) is 0 Å². The highest BCUT2D eigenvalue weighted by Crippen LogP contribution is 2.26. The van der Waals surface area contributed by atoms with E-state index in [0.717, 1.165) is 10.2 Å². The highest BCUT2D eigenvalue weighted by molar-refractivity contribution is 9.11.